The van der Waals surface area contributed by atoms with E-state index >= 15 is 0 Å². The number of aliphatic hydroxyl groups excluding tert-OH is 1. The van der Waals surface area contributed by atoms with Gasteiger partial charge in [0.2, 0.25) is 0 Å². The molecule has 1 aliphatic rings. The summed E-state index contributed by atoms with van der Waals surface area (Å²) in [5.74, 6) is -0.799. The van der Waals surface area contributed by atoms with Gasteiger partial charge in [-0.2, -0.15) is 0 Å². The second kappa shape index (κ2) is 9.74. The number of ether oxygens (including phenoxy) is 1. The molecule has 0 aromatic heterocycles. The van der Waals surface area contributed by atoms with Gasteiger partial charge in [-0.15, -0.1) is 0 Å². The monoisotopic (exact) mass is 475 g/mol. The Morgan fingerprint density at radius 1 is 1.03 bits per heavy atom. The summed E-state index contributed by atoms with van der Waals surface area (Å²) in [6.07, 6.45) is 0. The molecule has 0 saturated carbocycles. The van der Waals surface area contributed by atoms with Crippen LogP contribution in [-0.4, -0.2) is 23.4 Å². The first-order chi connectivity index (χ1) is 16.3. The number of carbonyl (C=O) groups excluding carboxylic acids is 2. The number of hydrogen-bond acceptors (Lipinski definition) is 4. The molecular weight excluding hydrogens is 450 g/mol. The molecule has 0 aliphatic carbocycles. The highest BCUT2D eigenvalue weighted by molar-refractivity contribution is 6.52. The van der Waals surface area contributed by atoms with Gasteiger partial charge in [0, 0.05) is 16.3 Å². The van der Waals surface area contributed by atoms with Crippen molar-refractivity contribution in [1.82, 2.24) is 0 Å². The Labute approximate surface area is 204 Å². The third-order valence-electron chi connectivity index (χ3n) is 5.68. The molecule has 6 heteroatoms. The fraction of sp³-hybridized carbons (Fsp3) is 0.214. The summed E-state index contributed by atoms with van der Waals surface area (Å²) >= 11 is 6.24. The Hall–Kier alpha value is -3.57. The standard InChI is InChI=1S/C28H26ClNO4/c1-17(2)16-34-22-11-7-10-20(14-22)26(31)24-25(19-8-5-4-6-9-19)30(28(33)27(24)32)23-15-21(29)13-12-18(23)3/h4-15,17,25,31H,16H2,1-3H3/b26-24+. The number of aliphatic hydroxyl groups is 1. The fourth-order valence-corrected chi connectivity index (χ4v) is 4.19. The molecule has 3 aromatic carbocycles. The number of Topliss-reactive ketones (excluding diaryl/α,β-unsaturated/α-hetero) is 1. The van der Waals surface area contributed by atoms with Crippen LogP contribution in [0.3, 0.4) is 0 Å². The highest BCUT2D eigenvalue weighted by Crippen LogP contribution is 2.43. The summed E-state index contributed by atoms with van der Waals surface area (Å²) < 4.78 is 5.79. The summed E-state index contributed by atoms with van der Waals surface area (Å²) in [4.78, 5) is 28.0. The molecule has 1 atom stereocenters. The number of aryl methyl sites for hydroxylation is 1. The topological polar surface area (TPSA) is 66.8 Å². The van der Waals surface area contributed by atoms with Crippen molar-refractivity contribution in [3.05, 3.63) is 100 Å². The molecule has 0 bridgehead atoms. The van der Waals surface area contributed by atoms with Gasteiger partial charge in [0.25, 0.3) is 11.7 Å². The van der Waals surface area contributed by atoms with Crippen molar-refractivity contribution >= 4 is 34.7 Å². The third-order valence-corrected chi connectivity index (χ3v) is 5.92. The van der Waals surface area contributed by atoms with Crippen molar-refractivity contribution in [2.75, 3.05) is 11.5 Å². The number of amides is 1. The first kappa shape index (κ1) is 23.6. The van der Waals surface area contributed by atoms with Gasteiger partial charge in [-0.1, -0.05) is 74.0 Å². The van der Waals surface area contributed by atoms with Gasteiger partial charge in [0.05, 0.1) is 18.2 Å². The average Bonchev–Trinajstić information content (AvgIpc) is 3.10. The number of rotatable bonds is 6. The minimum atomic E-state index is -0.807. The maximum atomic E-state index is 13.3. The van der Waals surface area contributed by atoms with Gasteiger partial charge < -0.3 is 9.84 Å². The molecular formula is C28H26ClNO4. The summed E-state index contributed by atoms with van der Waals surface area (Å²) in [7, 11) is 0. The molecule has 1 unspecified atom stereocenters. The number of hydrogen-bond donors (Lipinski definition) is 1. The van der Waals surface area contributed by atoms with Gasteiger partial charge in [0.1, 0.15) is 11.5 Å². The molecule has 1 saturated heterocycles. The van der Waals surface area contributed by atoms with Crippen LogP contribution in [0.5, 0.6) is 5.75 Å². The molecule has 174 valence electrons. The molecule has 5 nitrogen and oxygen atoms in total. The van der Waals surface area contributed by atoms with E-state index in [0.717, 1.165) is 5.56 Å². The molecule has 4 rings (SSSR count). The normalized spacial score (nSPS) is 17.4. The van der Waals surface area contributed by atoms with Gasteiger partial charge in [-0.25, -0.2) is 0 Å². The largest absolute Gasteiger partial charge is 0.507 e. The zero-order chi connectivity index (χ0) is 24.4. The molecule has 0 spiro atoms. The Balaban J connectivity index is 1.88. The second-order valence-electron chi connectivity index (χ2n) is 8.74. The number of anilines is 1. The van der Waals surface area contributed by atoms with Crippen molar-refractivity contribution in [2.45, 2.75) is 26.8 Å². The predicted molar refractivity (Wildman–Crippen MR) is 134 cm³/mol. The summed E-state index contributed by atoms with van der Waals surface area (Å²) in [6.45, 7) is 6.46. The summed E-state index contributed by atoms with van der Waals surface area (Å²) in [5.41, 5.74) is 2.45. The lowest BCUT2D eigenvalue weighted by atomic mass is 9.95. The maximum Gasteiger partial charge on any atom is 0.300 e. The first-order valence-corrected chi connectivity index (χ1v) is 11.5. The third kappa shape index (κ3) is 4.57. The van der Waals surface area contributed by atoms with E-state index in [1.54, 1.807) is 42.5 Å². The van der Waals surface area contributed by atoms with E-state index < -0.39 is 17.7 Å². The van der Waals surface area contributed by atoms with Gasteiger partial charge >= 0.3 is 0 Å². The number of benzene rings is 3. The zero-order valence-corrected chi connectivity index (χ0v) is 20.0. The van der Waals surface area contributed by atoms with Crippen molar-refractivity contribution in [3.8, 4) is 5.75 Å². The predicted octanol–water partition coefficient (Wildman–Crippen LogP) is 6.31. The van der Waals surface area contributed by atoms with Crippen LogP contribution in [0.15, 0.2) is 78.4 Å². The van der Waals surface area contributed by atoms with Crippen molar-refractivity contribution in [1.29, 1.82) is 0 Å². The van der Waals surface area contributed by atoms with Crippen LogP contribution in [0.1, 0.15) is 36.6 Å². The molecule has 3 aromatic rings. The minimum absolute atomic E-state index is 0.0246. The maximum absolute atomic E-state index is 13.3. The van der Waals surface area contributed by atoms with Crippen molar-refractivity contribution < 1.29 is 19.4 Å². The Morgan fingerprint density at radius 2 is 1.76 bits per heavy atom. The summed E-state index contributed by atoms with van der Waals surface area (Å²) in [6, 6.07) is 20.5. The highest BCUT2D eigenvalue weighted by atomic mass is 35.5. The van der Waals surface area contributed by atoms with Crippen LogP contribution in [0.2, 0.25) is 5.02 Å². The van der Waals surface area contributed by atoms with E-state index in [9.17, 15) is 14.7 Å². The van der Waals surface area contributed by atoms with E-state index in [0.29, 0.717) is 40.1 Å². The van der Waals surface area contributed by atoms with E-state index in [2.05, 4.69) is 0 Å². The molecule has 1 fully saturated rings. The van der Waals surface area contributed by atoms with Crippen LogP contribution < -0.4 is 9.64 Å². The molecule has 1 aliphatic heterocycles. The lowest BCUT2D eigenvalue weighted by Crippen LogP contribution is -2.30. The smallest absolute Gasteiger partial charge is 0.300 e. The Bertz CT molecular complexity index is 1270. The highest BCUT2D eigenvalue weighted by Gasteiger charge is 2.47. The molecule has 1 heterocycles. The fourth-order valence-electron chi connectivity index (χ4n) is 4.03. The van der Waals surface area contributed by atoms with Crippen LogP contribution >= 0.6 is 11.6 Å². The Kier molecular flexibility index (Phi) is 6.75. The summed E-state index contributed by atoms with van der Waals surface area (Å²) in [5, 5.41) is 11.8. The van der Waals surface area contributed by atoms with Crippen molar-refractivity contribution in [3.63, 3.8) is 0 Å². The molecule has 0 radical (unpaired) electrons. The quantitative estimate of drug-likeness (QED) is 0.258. The SMILES string of the molecule is Cc1ccc(Cl)cc1N1C(=O)C(=O)/C(=C(/O)c2cccc(OCC(C)C)c2)C1c1ccccc1. The van der Waals surface area contributed by atoms with E-state index in [1.807, 2.05) is 51.1 Å². The van der Waals surface area contributed by atoms with Gasteiger partial charge in [-0.3, -0.25) is 14.5 Å². The zero-order valence-electron chi connectivity index (χ0n) is 19.3. The molecule has 34 heavy (non-hydrogen) atoms. The van der Waals surface area contributed by atoms with E-state index in [4.69, 9.17) is 16.3 Å². The van der Waals surface area contributed by atoms with E-state index in [1.165, 1.54) is 4.90 Å². The number of halogens is 1. The van der Waals surface area contributed by atoms with E-state index in [-0.39, 0.29) is 11.3 Å². The minimum Gasteiger partial charge on any atom is -0.507 e. The number of carbonyl (C=O) groups is 2. The first-order valence-electron chi connectivity index (χ1n) is 11.1. The molecule has 1 amide bonds. The van der Waals surface area contributed by atoms with Crippen LogP contribution in [0.25, 0.3) is 5.76 Å². The van der Waals surface area contributed by atoms with Gasteiger partial charge in [0.15, 0.2) is 0 Å². The lowest BCUT2D eigenvalue weighted by molar-refractivity contribution is -0.132. The Morgan fingerprint density at radius 3 is 2.47 bits per heavy atom. The number of nitrogens with zero attached hydrogens (tertiary/aromatic N) is 1. The second-order valence-corrected chi connectivity index (χ2v) is 9.18. The van der Waals surface area contributed by atoms with Crippen LogP contribution in [0.4, 0.5) is 5.69 Å². The van der Waals surface area contributed by atoms with Crippen molar-refractivity contribution in [2.24, 2.45) is 5.92 Å². The van der Waals surface area contributed by atoms with Crippen LogP contribution in [-0.2, 0) is 9.59 Å². The number of ketones is 1. The van der Waals surface area contributed by atoms with Gasteiger partial charge in [-0.05, 0) is 48.2 Å². The lowest BCUT2D eigenvalue weighted by Gasteiger charge is -2.27. The van der Waals surface area contributed by atoms with Crippen LogP contribution in [0, 0.1) is 12.8 Å². The molecule has 1 N–H and O–H groups in total. The average molecular weight is 476 g/mol.